The molecule has 0 radical (unpaired) electrons. The van der Waals surface area contributed by atoms with Crippen LogP contribution in [0.5, 0.6) is 11.5 Å². The zero-order valence-corrected chi connectivity index (χ0v) is 27.9. The van der Waals surface area contributed by atoms with Crippen LogP contribution in [0.25, 0.3) is 0 Å². The third kappa shape index (κ3) is 10.0. The topological polar surface area (TPSA) is 157 Å². The van der Waals surface area contributed by atoms with E-state index in [-0.39, 0.29) is 37.7 Å². The second-order valence-corrected chi connectivity index (χ2v) is 12.7. The number of nitrogens with one attached hydrogen (secondary N) is 3. The highest BCUT2D eigenvalue weighted by Crippen LogP contribution is 2.23. The van der Waals surface area contributed by atoms with Crippen LogP contribution in [0.15, 0.2) is 72.8 Å². The van der Waals surface area contributed by atoms with E-state index in [0.717, 1.165) is 22.3 Å². The zero-order valence-electron chi connectivity index (χ0n) is 27.9. The molecule has 0 unspecified atom stereocenters. The Morgan fingerprint density at radius 3 is 2.17 bits per heavy atom. The molecule has 256 valence electrons. The first-order valence-electron chi connectivity index (χ1n) is 16.3. The lowest BCUT2D eigenvalue weighted by atomic mass is 9.92. The average Bonchev–Trinajstić information content (AvgIpc) is 3.03. The van der Waals surface area contributed by atoms with Crippen molar-refractivity contribution in [2.45, 2.75) is 77.6 Å². The van der Waals surface area contributed by atoms with Gasteiger partial charge < -0.3 is 30.5 Å². The van der Waals surface area contributed by atoms with Crippen molar-refractivity contribution < 1.29 is 34.1 Å². The second kappa shape index (κ2) is 16.8. The molecule has 0 bridgehead atoms. The quantitative estimate of drug-likeness (QED) is 0.167. The summed E-state index contributed by atoms with van der Waals surface area (Å²) >= 11 is 0. The van der Waals surface area contributed by atoms with Crippen molar-refractivity contribution >= 4 is 23.8 Å². The summed E-state index contributed by atoms with van der Waals surface area (Å²) in [5, 5.41) is 29.8. The van der Waals surface area contributed by atoms with Gasteiger partial charge in [0.15, 0.2) is 6.61 Å². The smallest absolute Gasteiger partial charge is 0.324 e. The van der Waals surface area contributed by atoms with Gasteiger partial charge in [0, 0.05) is 19.0 Å². The number of ether oxygens (including phenoxy) is 1. The van der Waals surface area contributed by atoms with Crippen molar-refractivity contribution in [2.75, 3.05) is 13.2 Å². The number of phenols is 1. The van der Waals surface area contributed by atoms with Gasteiger partial charge >= 0.3 is 6.03 Å². The van der Waals surface area contributed by atoms with Crippen LogP contribution in [0.4, 0.5) is 4.79 Å². The van der Waals surface area contributed by atoms with E-state index in [9.17, 15) is 29.4 Å². The lowest BCUT2D eigenvalue weighted by Crippen LogP contribution is -2.60. The molecule has 0 aliphatic carbocycles. The molecule has 1 fully saturated rings. The molecule has 4 rings (SSSR count). The average molecular weight is 659 g/mol. The number of hydrogen-bond acceptors (Lipinski definition) is 7. The summed E-state index contributed by atoms with van der Waals surface area (Å²) in [4.78, 5) is 52.9. The summed E-state index contributed by atoms with van der Waals surface area (Å²) < 4.78 is 5.87. The lowest BCUT2D eigenvalue weighted by molar-refractivity contribution is -0.130. The summed E-state index contributed by atoms with van der Waals surface area (Å²) in [7, 11) is 0. The van der Waals surface area contributed by atoms with Crippen molar-refractivity contribution in [3.63, 3.8) is 0 Å². The third-order valence-corrected chi connectivity index (χ3v) is 8.48. The Morgan fingerprint density at radius 2 is 1.54 bits per heavy atom. The van der Waals surface area contributed by atoms with Crippen LogP contribution in [0.1, 0.15) is 48.9 Å². The molecule has 3 aromatic rings. The minimum atomic E-state index is -1.09. The number of urea groups is 1. The summed E-state index contributed by atoms with van der Waals surface area (Å²) in [6, 6.07) is 19.0. The number of benzene rings is 3. The normalized spacial score (nSPS) is 15.7. The minimum absolute atomic E-state index is 0.0671. The third-order valence-electron chi connectivity index (χ3n) is 8.48. The molecule has 11 heteroatoms. The lowest BCUT2D eigenvalue weighted by Gasteiger charge is -2.36. The number of aromatic hydroxyl groups is 1. The highest BCUT2D eigenvalue weighted by molar-refractivity contribution is 5.99. The van der Waals surface area contributed by atoms with Gasteiger partial charge in [0.2, 0.25) is 11.8 Å². The van der Waals surface area contributed by atoms with Crippen LogP contribution >= 0.6 is 0 Å². The van der Waals surface area contributed by atoms with Crippen LogP contribution in [0.3, 0.4) is 0 Å². The van der Waals surface area contributed by atoms with Gasteiger partial charge in [-0.25, -0.2) is 4.79 Å². The number of carbonyl (C=O) groups is 4. The summed E-state index contributed by atoms with van der Waals surface area (Å²) in [6.45, 7) is 7.33. The van der Waals surface area contributed by atoms with E-state index >= 15 is 0 Å². The Hall–Kier alpha value is -4.90. The Morgan fingerprint density at radius 1 is 0.896 bits per heavy atom. The first-order valence-corrected chi connectivity index (χ1v) is 16.3. The molecule has 1 aliphatic heterocycles. The van der Waals surface area contributed by atoms with Crippen molar-refractivity contribution in [1.29, 1.82) is 0 Å². The van der Waals surface area contributed by atoms with Crippen LogP contribution in [-0.4, -0.2) is 76.2 Å². The standard InChI is InChI=1S/C37H46N4O7/c1-23(2)34(41-18-17-32(44)40-37(41)47)36(46)38-28(19-27-13-15-29(42)16-14-27)21-31(43)30(20-26-11-6-5-7-12-26)39-33(45)22-48-35-24(3)9-8-10-25(35)4/h5-16,23,28,30-31,34,42-43H,17-22H2,1-4H3,(H,38,46)(H,39,45)(H,40,44,47)/t28-,30-,31-,34-/m0/s1. The largest absolute Gasteiger partial charge is 0.508 e. The number of hydrogen-bond donors (Lipinski definition) is 5. The summed E-state index contributed by atoms with van der Waals surface area (Å²) in [5.74, 6) is -0.753. The number of imide groups is 1. The van der Waals surface area contributed by atoms with E-state index in [2.05, 4.69) is 16.0 Å². The number of carbonyl (C=O) groups excluding carboxylic acids is 4. The number of aliphatic hydroxyl groups excluding tert-OH is 1. The van der Waals surface area contributed by atoms with Crippen LogP contribution in [-0.2, 0) is 27.2 Å². The maximum absolute atomic E-state index is 13.8. The van der Waals surface area contributed by atoms with E-state index in [1.165, 1.54) is 4.90 Å². The van der Waals surface area contributed by atoms with Crippen molar-refractivity contribution in [3.8, 4) is 11.5 Å². The first-order chi connectivity index (χ1) is 22.9. The van der Waals surface area contributed by atoms with E-state index in [4.69, 9.17) is 4.74 Å². The first kappa shape index (κ1) is 35.9. The monoisotopic (exact) mass is 658 g/mol. The van der Waals surface area contributed by atoms with Crippen molar-refractivity contribution in [1.82, 2.24) is 20.9 Å². The van der Waals surface area contributed by atoms with Gasteiger partial charge in [0.25, 0.3) is 5.91 Å². The van der Waals surface area contributed by atoms with Crippen LogP contribution < -0.4 is 20.7 Å². The number of aliphatic hydroxyl groups is 1. The fourth-order valence-corrected chi connectivity index (χ4v) is 6.06. The number of nitrogens with zero attached hydrogens (tertiary/aromatic N) is 1. The van der Waals surface area contributed by atoms with E-state index in [1.807, 2.05) is 76.2 Å². The maximum Gasteiger partial charge on any atom is 0.324 e. The van der Waals surface area contributed by atoms with Gasteiger partial charge in [0.05, 0.1) is 12.1 Å². The number of para-hydroxylation sites is 1. The Balaban J connectivity index is 1.54. The minimum Gasteiger partial charge on any atom is -0.508 e. The number of rotatable bonds is 15. The van der Waals surface area contributed by atoms with Gasteiger partial charge in [-0.1, -0.05) is 74.5 Å². The Labute approximate surface area is 281 Å². The molecule has 3 aromatic carbocycles. The molecule has 0 aromatic heterocycles. The van der Waals surface area contributed by atoms with E-state index in [1.54, 1.807) is 24.3 Å². The molecule has 4 atom stereocenters. The fourth-order valence-electron chi connectivity index (χ4n) is 6.06. The number of amides is 5. The summed E-state index contributed by atoms with van der Waals surface area (Å²) in [5.41, 5.74) is 3.52. The molecule has 0 saturated carbocycles. The van der Waals surface area contributed by atoms with E-state index in [0.29, 0.717) is 18.6 Å². The molecule has 1 saturated heterocycles. The van der Waals surface area contributed by atoms with Gasteiger partial charge in [-0.15, -0.1) is 0 Å². The van der Waals surface area contributed by atoms with Crippen molar-refractivity contribution in [3.05, 3.63) is 95.1 Å². The molecule has 1 aliphatic rings. The molecule has 48 heavy (non-hydrogen) atoms. The predicted molar refractivity (Wildman–Crippen MR) is 181 cm³/mol. The number of aryl methyl sites for hydroxylation is 2. The van der Waals surface area contributed by atoms with E-state index < -0.39 is 48.0 Å². The van der Waals surface area contributed by atoms with Gasteiger partial charge in [-0.3, -0.25) is 19.7 Å². The maximum atomic E-state index is 13.8. The number of phenolic OH excluding ortho intramolecular Hbond substituents is 1. The fraction of sp³-hybridized carbons (Fsp3) is 0.405. The van der Waals surface area contributed by atoms with Crippen molar-refractivity contribution in [2.24, 2.45) is 5.92 Å². The summed E-state index contributed by atoms with van der Waals surface area (Å²) in [6.07, 6.45) is -0.303. The highest BCUT2D eigenvalue weighted by atomic mass is 16.5. The zero-order chi connectivity index (χ0) is 34.8. The molecule has 1 heterocycles. The van der Waals surface area contributed by atoms with Crippen LogP contribution in [0, 0.1) is 19.8 Å². The molecule has 5 N–H and O–H groups in total. The second-order valence-electron chi connectivity index (χ2n) is 12.7. The molecule has 0 spiro atoms. The molecule has 5 amide bonds. The Bertz CT molecular complexity index is 1540. The van der Waals surface area contributed by atoms with Gasteiger partial charge in [-0.05, 0) is 73.4 Å². The Kier molecular flexibility index (Phi) is 12.6. The molecular weight excluding hydrogens is 612 g/mol. The van der Waals surface area contributed by atoms with Gasteiger partial charge in [-0.2, -0.15) is 0 Å². The predicted octanol–water partition coefficient (Wildman–Crippen LogP) is 3.56. The van der Waals surface area contributed by atoms with Gasteiger partial charge in [0.1, 0.15) is 17.5 Å². The molecular formula is C37H46N4O7. The SMILES string of the molecule is Cc1cccc(C)c1OCC(=O)N[C@@H](Cc1ccccc1)[C@@H](O)C[C@H](Cc1ccc(O)cc1)NC(=O)[C@H](C(C)C)N1CCC(=O)NC1=O. The van der Waals surface area contributed by atoms with Crippen LogP contribution in [0.2, 0.25) is 0 Å². The molecule has 11 nitrogen and oxygen atoms in total. The highest BCUT2D eigenvalue weighted by Gasteiger charge is 2.37.